The molecule has 1 aliphatic heterocycles. The van der Waals surface area contributed by atoms with Crippen molar-refractivity contribution in [1.29, 1.82) is 10.5 Å². The number of hydrogen-bond donors (Lipinski definition) is 1. The summed E-state index contributed by atoms with van der Waals surface area (Å²) in [4.78, 5) is 16.6. The van der Waals surface area contributed by atoms with Gasteiger partial charge in [0.1, 0.15) is 6.61 Å². The third-order valence-corrected chi connectivity index (χ3v) is 4.27. The predicted octanol–water partition coefficient (Wildman–Crippen LogP) is 2.60. The monoisotopic (exact) mass is 340 g/mol. The fourth-order valence-corrected chi connectivity index (χ4v) is 3.13. The molecule has 0 fully saturated rings. The second kappa shape index (κ2) is 8.19. The lowest BCUT2D eigenvalue weighted by Gasteiger charge is -2.28. The van der Waals surface area contributed by atoms with Gasteiger partial charge in [0.25, 0.3) is 0 Å². The molecule has 1 atom stereocenters. The Kier molecular flexibility index (Phi) is 6.00. The highest BCUT2D eigenvalue weighted by Crippen LogP contribution is 2.40. The Morgan fingerprint density at radius 3 is 2.88 bits per heavy atom. The van der Waals surface area contributed by atoms with Crippen LogP contribution >= 0.6 is 11.8 Å². The maximum Gasteiger partial charge on any atom is 0.336 e. The summed E-state index contributed by atoms with van der Waals surface area (Å²) >= 11 is 1.41. The minimum Gasteiger partial charge on any atom is -0.461 e. The smallest absolute Gasteiger partial charge is 0.336 e. The van der Waals surface area contributed by atoms with Gasteiger partial charge < -0.3 is 10.1 Å². The maximum atomic E-state index is 12.5. The lowest BCUT2D eigenvalue weighted by atomic mass is 9.83. The van der Waals surface area contributed by atoms with E-state index < -0.39 is 11.9 Å². The summed E-state index contributed by atoms with van der Waals surface area (Å²) in [5.74, 6) is -1.07. The van der Waals surface area contributed by atoms with E-state index in [1.807, 2.05) is 18.4 Å². The Morgan fingerprint density at radius 1 is 1.50 bits per heavy atom. The molecule has 0 saturated heterocycles. The van der Waals surface area contributed by atoms with E-state index >= 15 is 0 Å². The Morgan fingerprint density at radius 2 is 2.29 bits per heavy atom. The summed E-state index contributed by atoms with van der Waals surface area (Å²) < 4.78 is 5.19. The molecular formula is C17H16N4O2S. The first-order valence-corrected chi connectivity index (χ1v) is 8.46. The number of carbonyl (C=O) groups is 1. The zero-order valence-electron chi connectivity index (χ0n) is 13.4. The van der Waals surface area contributed by atoms with Gasteiger partial charge in [-0.1, -0.05) is 6.07 Å². The molecule has 0 radical (unpaired) electrons. The Labute approximate surface area is 144 Å². The number of thioether (sulfide) groups is 1. The number of allylic oxidation sites excluding steroid dienone is 2. The van der Waals surface area contributed by atoms with E-state index in [0.29, 0.717) is 21.9 Å². The lowest BCUT2D eigenvalue weighted by Crippen LogP contribution is -2.28. The number of nitrogens with zero attached hydrogens (tertiary/aromatic N) is 3. The molecule has 1 aliphatic rings. The second-order valence-corrected chi connectivity index (χ2v) is 5.80. The summed E-state index contributed by atoms with van der Waals surface area (Å²) in [5, 5.41) is 22.0. The average Bonchev–Trinajstić information content (AvgIpc) is 2.61. The molecule has 0 aliphatic carbocycles. The molecule has 1 N–H and O–H groups in total. The lowest BCUT2D eigenvalue weighted by molar-refractivity contribution is -0.139. The van der Waals surface area contributed by atoms with Crippen molar-refractivity contribution < 1.29 is 9.53 Å². The molecule has 1 aromatic heterocycles. The molecular weight excluding hydrogens is 324 g/mol. The molecule has 2 rings (SSSR count). The van der Waals surface area contributed by atoms with Crippen molar-refractivity contribution >= 4 is 17.7 Å². The largest absolute Gasteiger partial charge is 0.461 e. The molecule has 0 aromatic carbocycles. The predicted molar refractivity (Wildman–Crippen MR) is 90.2 cm³/mol. The first kappa shape index (κ1) is 17.6. The van der Waals surface area contributed by atoms with Crippen LogP contribution in [0.15, 0.2) is 46.4 Å². The Bertz CT molecular complexity index is 772. The highest BCUT2D eigenvalue weighted by Gasteiger charge is 2.35. The van der Waals surface area contributed by atoms with Crippen molar-refractivity contribution in [3.05, 3.63) is 52.0 Å². The van der Waals surface area contributed by atoms with Gasteiger partial charge in [0.15, 0.2) is 0 Å². The summed E-state index contributed by atoms with van der Waals surface area (Å²) in [6.45, 7) is 1.79. The number of pyridine rings is 1. The normalized spacial score (nSPS) is 16.9. The van der Waals surface area contributed by atoms with Crippen molar-refractivity contribution in [3.63, 3.8) is 0 Å². The topological polar surface area (TPSA) is 98.8 Å². The van der Waals surface area contributed by atoms with Crippen molar-refractivity contribution in [2.45, 2.75) is 19.3 Å². The van der Waals surface area contributed by atoms with Crippen LogP contribution in [0.5, 0.6) is 0 Å². The van der Waals surface area contributed by atoms with E-state index in [9.17, 15) is 10.1 Å². The van der Waals surface area contributed by atoms with Gasteiger partial charge in [0.05, 0.1) is 40.7 Å². The first-order chi connectivity index (χ1) is 11.6. The van der Waals surface area contributed by atoms with E-state index in [0.717, 1.165) is 5.56 Å². The molecule has 0 amide bonds. The van der Waals surface area contributed by atoms with Crippen LogP contribution in [0, 0.1) is 22.7 Å². The van der Waals surface area contributed by atoms with Crippen LogP contribution < -0.4 is 5.32 Å². The molecule has 0 bridgehead atoms. The van der Waals surface area contributed by atoms with Gasteiger partial charge in [-0.3, -0.25) is 4.98 Å². The van der Waals surface area contributed by atoms with Crippen molar-refractivity contribution in [3.8, 4) is 12.1 Å². The SMILES string of the molecule is CSC1=C(C#N)C(c2cccnc2)C(C(=O)OCCC#N)=C(C)N1. The molecule has 6 nitrogen and oxygen atoms in total. The standard InChI is InChI=1S/C17H16N4O2S/c1-11-14(17(22)23-8-4-6-18)15(12-5-3-7-20-10-12)13(9-19)16(21-11)24-2/h3,5,7,10,15,21H,4,8H2,1-2H3. The molecule has 122 valence electrons. The minimum absolute atomic E-state index is 0.0207. The molecule has 0 spiro atoms. The number of rotatable bonds is 5. The van der Waals surface area contributed by atoms with Crippen LogP contribution in [-0.2, 0) is 9.53 Å². The number of nitriles is 2. The summed E-state index contributed by atoms with van der Waals surface area (Å²) in [6.07, 6.45) is 5.27. The van der Waals surface area contributed by atoms with E-state index in [-0.39, 0.29) is 13.0 Å². The summed E-state index contributed by atoms with van der Waals surface area (Å²) in [5.41, 5.74) is 2.20. The quantitative estimate of drug-likeness (QED) is 0.649. The number of esters is 1. The first-order valence-electron chi connectivity index (χ1n) is 7.24. The van der Waals surface area contributed by atoms with E-state index in [2.05, 4.69) is 16.4 Å². The summed E-state index contributed by atoms with van der Waals surface area (Å²) in [7, 11) is 0. The molecule has 1 unspecified atom stereocenters. The van der Waals surface area contributed by atoms with E-state index in [4.69, 9.17) is 10.00 Å². The number of hydrogen-bond acceptors (Lipinski definition) is 7. The van der Waals surface area contributed by atoms with Gasteiger partial charge in [-0.15, -0.1) is 11.8 Å². The van der Waals surface area contributed by atoms with Gasteiger partial charge in [-0.25, -0.2) is 4.79 Å². The van der Waals surface area contributed by atoms with E-state index in [1.165, 1.54) is 11.8 Å². The molecule has 1 aromatic rings. The number of nitrogens with one attached hydrogen (secondary N) is 1. The van der Waals surface area contributed by atoms with Gasteiger partial charge in [0.2, 0.25) is 0 Å². The zero-order chi connectivity index (χ0) is 17.5. The third kappa shape index (κ3) is 3.58. The highest BCUT2D eigenvalue weighted by molar-refractivity contribution is 8.02. The molecule has 7 heteroatoms. The van der Waals surface area contributed by atoms with Crippen LogP contribution in [0.4, 0.5) is 0 Å². The van der Waals surface area contributed by atoms with Crippen LogP contribution in [0.2, 0.25) is 0 Å². The Hall–Kier alpha value is -2.77. The van der Waals surface area contributed by atoms with Gasteiger partial charge in [-0.2, -0.15) is 10.5 Å². The minimum atomic E-state index is -0.540. The third-order valence-electron chi connectivity index (χ3n) is 3.54. The fraction of sp³-hybridized carbons (Fsp3) is 0.294. The Balaban J connectivity index is 2.49. The molecule has 2 heterocycles. The van der Waals surface area contributed by atoms with Gasteiger partial charge in [-0.05, 0) is 24.8 Å². The number of dihydropyridines is 1. The van der Waals surface area contributed by atoms with Gasteiger partial charge >= 0.3 is 5.97 Å². The number of aromatic nitrogens is 1. The second-order valence-electron chi connectivity index (χ2n) is 4.99. The number of ether oxygens (including phenoxy) is 1. The molecule has 0 saturated carbocycles. The van der Waals surface area contributed by atoms with Crippen molar-refractivity contribution in [2.75, 3.05) is 12.9 Å². The van der Waals surface area contributed by atoms with Crippen LogP contribution in [0.25, 0.3) is 0 Å². The van der Waals surface area contributed by atoms with Crippen LogP contribution in [-0.4, -0.2) is 23.8 Å². The van der Waals surface area contributed by atoms with Gasteiger partial charge in [0, 0.05) is 18.1 Å². The van der Waals surface area contributed by atoms with Crippen LogP contribution in [0.3, 0.4) is 0 Å². The maximum absolute atomic E-state index is 12.5. The van der Waals surface area contributed by atoms with Crippen LogP contribution in [0.1, 0.15) is 24.8 Å². The summed E-state index contributed by atoms with van der Waals surface area (Å²) in [6, 6.07) is 7.72. The average molecular weight is 340 g/mol. The highest BCUT2D eigenvalue weighted by atomic mass is 32.2. The van der Waals surface area contributed by atoms with Crippen molar-refractivity contribution in [1.82, 2.24) is 10.3 Å². The fourth-order valence-electron chi connectivity index (χ4n) is 2.49. The molecule has 24 heavy (non-hydrogen) atoms. The zero-order valence-corrected chi connectivity index (χ0v) is 14.2. The number of carbonyl (C=O) groups excluding carboxylic acids is 1. The van der Waals surface area contributed by atoms with Crippen molar-refractivity contribution in [2.24, 2.45) is 0 Å². The van der Waals surface area contributed by atoms with E-state index in [1.54, 1.807) is 25.4 Å².